The third-order valence-corrected chi connectivity index (χ3v) is 4.14. The number of nitrogens with zero attached hydrogens (tertiary/aromatic N) is 1. The minimum atomic E-state index is -0.976. The van der Waals surface area contributed by atoms with Crippen LogP contribution in [0, 0.1) is 0 Å². The average Bonchev–Trinajstić information content (AvgIpc) is 2.80. The topological polar surface area (TPSA) is 151 Å². The van der Waals surface area contributed by atoms with E-state index < -0.39 is 17.7 Å². The number of nitrogens with one attached hydrogen (secondary N) is 2. The van der Waals surface area contributed by atoms with Gasteiger partial charge in [-0.15, -0.1) is 0 Å². The number of carbonyl (C=O) groups is 3. The summed E-state index contributed by atoms with van der Waals surface area (Å²) in [5, 5.41) is 6.39. The molecule has 0 saturated heterocycles. The Labute approximate surface area is 184 Å². The van der Waals surface area contributed by atoms with Gasteiger partial charge in [-0.1, -0.05) is 0 Å². The summed E-state index contributed by atoms with van der Waals surface area (Å²) in [6, 6.07) is 9.55. The summed E-state index contributed by atoms with van der Waals surface area (Å²) in [4.78, 5) is 35.2. The van der Waals surface area contributed by atoms with Crippen LogP contribution in [-0.2, 0) is 14.4 Å². The zero-order valence-corrected chi connectivity index (χ0v) is 18.1. The molecule has 0 aliphatic carbocycles. The van der Waals surface area contributed by atoms with Gasteiger partial charge in [-0.05, 0) is 37.3 Å². The van der Waals surface area contributed by atoms with Crippen molar-refractivity contribution >= 4 is 29.1 Å². The van der Waals surface area contributed by atoms with Crippen LogP contribution in [0.3, 0.4) is 0 Å². The van der Waals surface area contributed by atoms with E-state index in [0.717, 1.165) is 0 Å². The molecule has 0 aliphatic heterocycles. The number of benzene rings is 2. The highest BCUT2D eigenvalue weighted by Crippen LogP contribution is 2.29. The van der Waals surface area contributed by atoms with Gasteiger partial charge in [-0.2, -0.15) is 5.10 Å². The molecule has 3 amide bonds. The van der Waals surface area contributed by atoms with Gasteiger partial charge >= 0.3 is 11.8 Å². The number of amides is 3. The number of hydrogen-bond acceptors (Lipinski definition) is 8. The Balaban J connectivity index is 2.06. The van der Waals surface area contributed by atoms with Gasteiger partial charge in [0.15, 0.2) is 18.1 Å². The number of ether oxygens (including phenoxy) is 4. The molecule has 0 atom stereocenters. The van der Waals surface area contributed by atoms with Crippen LogP contribution in [0.4, 0.5) is 5.69 Å². The molecule has 0 heterocycles. The molecule has 2 rings (SSSR count). The molecule has 0 unspecified atom stereocenters. The maximum atomic E-state index is 12.2. The van der Waals surface area contributed by atoms with E-state index in [0.29, 0.717) is 40.0 Å². The Morgan fingerprint density at radius 1 is 0.906 bits per heavy atom. The average molecular weight is 444 g/mol. The van der Waals surface area contributed by atoms with Crippen LogP contribution in [0.5, 0.6) is 23.0 Å². The lowest BCUT2D eigenvalue weighted by atomic mass is 10.1. The summed E-state index contributed by atoms with van der Waals surface area (Å²) in [7, 11) is 4.36. The SMILES string of the molecule is COc1ccc(NC(=O)C(=O)N/N=C(\C)c2ccc(OCC(N)=O)c(OC)c2)c(OC)c1. The molecule has 11 heteroatoms. The molecule has 11 nitrogen and oxygen atoms in total. The second-order valence-corrected chi connectivity index (χ2v) is 6.28. The van der Waals surface area contributed by atoms with Crippen molar-refractivity contribution in [3.63, 3.8) is 0 Å². The molecule has 0 aromatic heterocycles. The molecular formula is C21H24N4O7. The summed E-state index contributed by atoms with van der Waals surface area (Å²) < 4.78 is 20.8. The second-order valence-electron chi connectivity index (χ2n) is 6.28. The first-order valence-electron chi connectivity index (χ1n) is 9.26. The fourth-order valence-electron chi connectivity index (χ4n) is 2.49. The van der Waals surface area contributed by atoms with E-state index in [1.807, 2.05) is 0 Å². The number of anilines is 1. The van der Waals surface area contributed by atoms with Crippen LogP contribution in [0.1, 0.15) is 12.5 Å². The summed E-state index contributed by atoms with van der Waals surface area (Å²) in [5.74, 6) is -1.01. The first-order valence-corrected chi connectivity index (χ1v) is 9.26. The fourth-order valence-corrected chi connectivity index (χ4v) is 2.49. The lowest BCUT2D eigenvalue weighted by Crippen LogP contribution is -2.33. The first kappa shape index (κ1) is 24.0. The van der Waals surface area contributed by atoms with Crippen LogP contribution >= 0.6 is 0 Å². The number of primary amides is 1. The Morgan fingerprint density at radius 2 is 1.62 bits per heavy atom. The molecule has 0 radical (unpaired) electrons. The molecule has 32 heavy (non-hydrogen) atoms. The molecule has 0 fully saturated rings. The van der Waals surface area contributed by atoms with Gasteiger partial charge < -0.3 is 30.0 Å². The smallest absolute Gasteiger partial charge is 0.329 e. The molecule has 0 aliphatic rings. The highest BCUT2D eigenvalue weighted by atomic mass is 16.5. The van der Waals surface area contributed by atoms with Gasteiger partial charge in [0.05, 0.1) is 32.7 Å². The number of methoxy groups -OCH3 is 3. The van der Waals surface area contributed by atoms with Crippen LogP contribution in [-0.4, -0.2) is 51.4 Å². The van der Waals surface area contributed by atoms with Crippen molar-refractivity contribution in [2.75, 3.05) is 33.3 Å². The highest BCUT2D eigenvalue weighted by molar-refractivity contribution is 6.39. The van der Waals surface area contributed by atoms with Crippen LogP contribution in [0.25, 0.3) is 0 Å². The number of hydrazone groups is 1. The van der Waals surface area contributed by atoms with Crippen molar-refractivity contribution in [1.82, 2.24) is 5.43 Å². The third kappa shape index (κ3) is 6.36. The van der Waals surface area contributed by atoms with Crippen molar-refractivity contribution in [3.05, 3.63) is 42.0 Å². The van der Waals surface area contributed by atoms with E-state index in [2.05, 4.69) is 15.8 Å². The number of rotatable bonds is 9. The van der Waals surface area contributed by atoms with Crippen LogP contribution in [0.15, 0.2) is 41.5 Å². The Morgan fingerprint density at radius 3 is 2.25 bits per heavy atom. The zero-order valence-electron chi connectivity index (χ0n) is 18.1. The monoisotopic (exact) mass is 444 g/mol. The predicted molar refractivity (Wildman–Crippen MR) is 116 cm³/mol. The van der Waals surface area contributed by atoms with E-state index in [4.69, 9.17) is 24.7 Å². The van der Waals surface area contributed by atoms with Crippen LogP contribution in [0.2, 0.25) is 0 Å². The summed E-state index contributed by atoms with van der Waals surface area (Å²) in [6.07, 6.45) is 0. The van der Waals surface area contributed by atoms with Gasteiger partial charge in [0.25, 0.3) is 5.91 Å². The predicted octanol–water partition coefficient (Wildman–Crippen LogP) is 1.06. The van der Waals surface area contributed by atoms with Gasteiger partial charge in [-0.3, -0.25) is 14.4 Å². The van der Waals surface area contributed by atoms with E-state index in [1.54, 1.807) is 43.3 Å². The Hall–Kier alpha value is -4.28. The molecule has 170 valence electrons. The maximum Gasteiger partial charge on any atom is 0.329 e. The number of nitrogens with two attached hydrogens (primary N) is 1. The maximum absolute atomic E-state index is 12.2. The minimum Gasteiger partial charge on any atom is -0.497 e. The standard InChI is InChI=1S/C21H24N4O7/c1-12(13-5-8-16(18(9-13)31-4)32-11-19(22)26)24-25-21(28)20(27)23-15-7-6-14(29-2)10-17(15)30-3/h5-10H,11H2,1-4H3,(H2,22,26)(H,23,27)(H,25,28)/b24-12+. The van der Waals surface area contributed by atoms with E-state index >= 15 is 0 Å². The van der Waals surface area contributed by atoms with Gasteiger partial charge in [0.2, 0.25) is 0 Å². The summed E-state index contributed by atoms with van der Waals surface area (Å²) in [6.45, 7) is 1.33. The van der Waals surface area contributed by atoms with E-state index in [-0.39, 0.29) is 6.61 Å². The van der Waals surface area contributed by atoms with Crippen molar-refractivity contribution < 1.29 is 33.3 Å². The van der Waals surface area contributed by atoms with Crippen molar-refractivity contribution in [2.45, 2.75) is 6.92 Å². The van der Waals surface area contributed by atoms with Crippen molar-refractivity contribution in [1.29, 1.82) is 0 Å². The number of hydrogen-bond donors (Lipinski definition) is 3. The molecule has 0 bridgehead atoms. The molecule has 4 N–H and O–H groups in total. The van der Waals surface area contributed by atoms with E-state index in [9.17, 15) is 14.4 Å². The van der Waals surface area contributed by atoms with Gasteiger partial charge in [0.1, 0.15) is 11.5 Å². The Kier molecular flexibility index (Phi) is 8.40. The van der Waals surface area contributed by atoms with E-state index in [1.165, 1.54) is 21.3 Å². The second kappa shape index (κ2) is 11.2. The highest BCUT2D eigenvalue weighted by Gasteiger charge is 2.16. The van der Waals surface area contributed by atoms with Gasteiger partial charge in [0, 0.05) is 11.6 Å². The zero-order chi connectivity index (χ0) is 23.7. The largest absolute Gasteiger partial charge is 0.497 e. The molecule has 2 aromatic rings. The summed E-state index contributed by atoms with van der Waals surface area (Å²) >= 11 is 0. The molecule has 0 spiro atoms. The van der Waals surface area contributed by atoms with Crippen molar-refractivity contribution in [3.8, 4) is 23.0 Å². The molecular weight excluding hydrogens is 420 g/mol. The number of carbonyl (C=O) groups excluding carboxylic acids is 3. The quantitative estimate of drug-likeness (QED) is 0.297. The lowest BCUT2D eigenvalue weighted by molar-refractivity contribution is -0.136. The van der Waals surface area contributed by atoms with Crippen molar-refractivity contribution in [2.24, 2.45) is 10.8 Å². The lowest BCUT2D eigenvalue weighted by Gasteiger charge is -2.12. The first-order chi connectivity index (χ1) is 15.3. The normalized spacial score (nSPS) is 10.7. The summed E-state index contributed by atoms with van der Waals surface area (Å²) in [5.41, 5.74) is 8.54. The molecule has 0 saturated carbocycles. The fraction of sp³-hybridized carbons (Fsp3) is 0.238. The minimum absolute atomic E-state index is 0.297. The van der Waals surface area contributed by atoms with Crippen LogP contribution < -0.4 is 35.4 Å². The third-order valence-electron chi connectivity index (χ3n) is 4.14. The Bertz CT molecular complexity index is 1040. The molecule has 2 aromatic carbocycles. The van der Waals surface area contributed by atoms with Gasteiger partial charge in [-0.25, -0.2) is 5.43 Å².